The second-order valence-corrected chi connectivity index (χ2v) is 8.18. The largest absolute Gasteiger partial charge is 0.492 e. The van der Waals surface area contributed by atoms with Crippen LogP contribution in [0.3, 0.4) is 0 Å². The Kier molecular flexibility index (Phi) is 4.61. The van der Waals surface area contributed by atoms with Crippen molar-refractivity contribution in [1.82, 2.24) is 0 Å². The van der Waals surface area contributed by atoms with Gasteiger partial charge in [0.2, 0.25) is 0 Å². The molecule has 0 N–H and O–H groups in total. The number of ether oxygens (including phenoxy) is 1. The topological polar surface area (TPSA) is 69.7 Å². The summed E-state index contributed by atoms with van der Waals surface area (Å²) in [6.45, 7) is 8.34. The molecule has 0 aliphatic carbocycles. The van der Waals surface area contributed by atoms with Gasteiger partial charge >= 0.3 is 22.3 Å². The Bertz CT molecular complexity index is 839. The van der Waals surface area contributed by atoms with Crippen LogP contribution in [0.25, 0.3) is 0 Å². The van der Waals surface area contributed by atoms with Gasteiger partial charge in [-0.2, -0.15) is 21.6 Å². The van der Waals surface area contributed by atoms with Gasteiger partial charge in [-0.05, 0) is 69.7 Å². The highest BCUT2D eigenvalue weighted by atomic mass is 32.2. The van der Waals surface area contributed by atoms with Crippen molar-refractivity contribution in [2.75, 3.05) is 0 Å². The van der Waals surface area contributed by atoms with E-state index in [0.717, 1.165) is 0 Å². The fourth-order valence-corrected chi connectivity index (χ4v) is 4.32. The molecule has 0 spiro atoms. The van der Waals surface area contributed by atoms with E-state index in [4.69, 9.17) is 4.74 Å². The molecule has 5 nitrogen and oxygen atoms in total. The van der Waals surface area contributed by atoms with E-state index in [0.29, 0.717) is 29.7 Å². The zero-order chi connectivity index (χ0) is 19.4. The number of carbonyl (C=O) groups excluding carboxylic acids is 1. The summed E-state index contributed by atoms with van der Waals surface area (Å²) >= 11 is 0. The minimum absolute atomic E-state index is 0.198. The minimum Gasteiger partial charge on any atom is -0.487 e. The number of benzene rings is 1. The van der Waals surface area contributed by atoms with Gasteiger partial charge in [-0.3, -0.25) is 0 Å². The fourth-order valence-electron chi connectivity index (χ4n) is 2.91. The number of hydrogen-bond donors (Lipinski definition) is 0. The molecule has 1 aromatic rings. The highest BCUT2D eigenvalue weighted by Crippen LogP contribution is 2.42. The summed E-state index contributed by atoms with van der Waals surface area (Å²) in [5.41, 5.74) is 1.10. The Hall–Kier alpha value is -1.77. The van der Waals surface area contributed by atoms with Crippen LogP contribution in [0.1, 0.15) is 42.5 Å². The first-order valence-electron chi connectivity index (χ1n) is 7.54. The molecule has 0 radical (unpaired) electrons. The molecule has 1 aromatic carbocycles. The van der Waals surface area contributed by atoms with Gasteiger partial charge in [-0.1, -0.05) is 0 Å². The van der Waals surface area contributed by atoms with E-state index in [1.165, 1.54) is 13.8 Å². The van der Waals surface area contributed by atoms with Gasteiger partial charge in [0.25, 0.3) is 0 Å². The van der Waals surface area contributed by atoms with Crippen molar-refractivity contribution in [2.45, 2.75) is 64.1 Å². The van der Waals surface area contributed by atoms with Gasteiger partial charge in [0, 0.05) is 0 Å². The number of fused-ring (bicyclic) bond motifs is 1. The van der Waals surface area contributed by atoms with Crippen molar-refractivity contribution >= 4 is 16.1 Å². The third-order valence-electron chi connectivity index (χ3n) is 4.33. The van der Waals surface area contributed by atoms with Crippen molar-refractivity contribution in [3.63, 3.8) is 0 Å². The SMILES string of the molecule is Cc1c(C)c(S(=O)(=O)OC(=O)C(F)(F)F)c(C)c2c1OC(C)(C)CC2. The summed E-state index contributed by atoms with van der Waals surface area (Å²) in [6.07, 6.45) is -4.28. The van der Waals surface area contributed by atoms with Crippen molar-refractivity contribution in [3.8, 4) is 5.75 Å². The van der Waals surface area contributed by atoms with Crippen molar-refractivity contribution in [1.29, 1.82) is 0 Å². The first-order chi connectivity index (χ1) is 11.2. The van der Waals surface area contributed by atoms with Crippen LogP contribution in [0, 0.1) is 20.8 Å². The van der Waals surface area contributed by atoms with E-state index < -0.39 is 32.8 Å². The Morgan fingerprint density at radius 2 is 1.68 bits per heavy atom. The maximum Gasteiger partial charge on any atom is 0.492 e. The molecule has 0 atom stereocenters. The van der Waals surface area contributed by atoms with Crippen LogP contribution in [0.5, 0.6) is 5.75 Å². The standard InChI is InChI=1S/C16H19F3O5S/c1-8-9(2)13(25(21,22)24-14(20)16(17,18)19)10(3)11-6-7-15(4,5)23-12(8)11/h6-7H2,1-5H3. The van der Waals surface area contributed by atoms with E-state index in [2.05, 4.69) is 4.18 Å². The molecule has 0 amide bonds. The summed E-state index contributed by atoms with van der Waals surface area (Å²) in [4.78, 5) is 10.6. The van der Waals surface area contributed by atoms with Crippen LogP contribution < -0.4 is 4.74 Å². The van der Waals surface area contributed by atoms with Crippen molar-refractivity contribution in [3.05, 3.63) is 22.3 Å². The molecule has 1 aliphatic rings. The van der Waals surface area contributed by atoms with E-state index in [9.17, 15) is 26.4 Å². The first kappa shape index (κ1) is 19.6. The number of halogens is 3. The summed E-state index contributed by atoms with van der Waals surface area (Å²) in [7, 11) is -4.91. The lowest BCUT2D eigenvalue weighted by atomic mass is 9.88. The number of rotatable bonds is 2. The van der Waals surface area contributed by atoms with Crippen LogP contribution in [-0.4, -0.2) is 26.2 Å². The lowest BCUT2D eigenvalue weighted by Gasteiger charge is -2.35. The fraction of sp³-hybridized carbons (Fsp3) is 0.562. The van der Waals surface area contributed by atoms with E-state index >= 15 is 0 Å². The summed E-state index contributed by atoms with van der Waals surface area (Å²) < 4.78 is 71.5. The molecule has 1 aliphatic heterocycles. The van der Waals surface area contributed by atoms with Gasteiger partial charge < -0.3 is 8.92 Å². The van der Waals surface area contributed by atoms with E-state index in [1.807, 2.05) is 13.8 Å². The van der Waals surface area contributed by atoms with Crippen molar-refractivity contribution in [2.24, 2.45) is 0 Å². The average Bonchev–Trinajstić information content (AvgIpc) is 2.42. The lowest BCUT2D eigenvalue weighted by molar-refractivity contribution is -0.189. The molecule has 1 heterocycles. The van der Waals surface area contributed by atoms with Crippen LogP contribution in [-0.2, 0) is 25.5 Å². The highest BCUT2D eigenvalue weighted by Gasteiger charge is 2.45. The van der Waals surface area contributed by atoms with Crippen LogP contribution in [0.15, 0.2) is 4.90 Å². The van der Waals surface area contributed by atoms with Crippen LogP contribution >= 0.6 is 0 Å². The van der Waals surface area contributed by atoms with E-state index in [-0.39, 0.29) is 11.1 Å². The molecule has 0 unspecified atom stereocenters. The Morgan fingerprint density at radius 3 is 2.20 bits per heavy atom. The second-order valence-electron chi connectivity index (χ2n) is 6.70. The van der Waals surface area contributed by atoms with Crippen LogP contribution in [0.4, 0.5) is 13.2 Å². The Morgan fingerprint density at radius 1 is 1.12 bits per heavy atom. The van der Waals surface area contributed by atoms with E-state index in [1.54, 1.807) is 6.92 Å². The molecule has 9 heteroatoms. The summed E-state index contributed by atoms with van der Waals surface area (Å²) in [5.74, 6) is -2.23. The average molecular weight is 380 g/mol. The van der Waals surface area contributed by atoms with Gasteiger partial charge in [0.05, 0.1) is 0 Å². The monoisotopic (exact) mass is 380 g/mol. The Labute approximate surface area is 144 Å². The van der Waals surface area contributed by atoms with Gasteiger partial charge in [-0.15, -0.1) is 0 Å². The second kappa shape index (κ2) is 5.89. The van der Waals surface area contributed by atoms with Crippen LogP contribution in [0.2, 0.25) is 0 Å². The molecule has 0 fully saturated rings. The molecule has 0 saturated heterocycles. The molecule has 140 valence electrons. The molecule has 25 heavy (non-hydrogen) atoms. The zero-order valence-electron chi connectivity index (χ0n) is 14.5. The zero-order valence-corrected chi connectivity index (χ0v) is 15.3. The first-order valence-corrected chi connectivity index (χ1v) is 8.95. The molecule has 0 bridgehead atoms. The normalized spacial score (nSPS) is 16.8. The third kappa shape index (κ3) is 3.61. The summed E-state index contributed by atoms with van der Waals surface area (Å²) in [5, 5.41) is 0. The number of alkyl halides is 3. The molecule has 0 saturated carbocycles. The predicted octanol–water partition coefficient (Wildman–Crippen LogP) is 3.51. The maximum atomic E-state index is 12.4. The lowest BCUT2D eigenvalue weighted by Crippen LogP contribution is -2.34. The smallest absolute Gasteiger partial charge is 0.487 e. The Balaban J connectivity index is 2.61. The summed E-state index contributed by atoms with van der Waals surface area (Å²) in [6, 6.07) is 0. The minimum atomic E-state index is -5.40. The van der Waals surface area contributed by atoms with Crippen molar-refractivity contribution < 1.29 is 35.3 Å². The maximum absolute atomic E-state index is 12.4. The van der Waals surface area contributed by atoms with Gasteiger partial charge in [0.1, 0.15) is 16.2 Å². The third-order valence-corrected chi connectivity index (χ3v) is 5.82. The molecular weight excluding hydrogens is 361 g/mol. The highest BCUT2D eigenvalue weighted by molar-refractivity contribution is 7.87. The molecular formula is C16H19F3O5S. The molecule has 0 aromatic heterocycles. The van der Waals surface area contributed by atoms with Gasteiger partial charge in [0.15, 0.2) is 0 Å². The predicted molar refractivity (Wildman–Crippen MR) is 83.0 cm³/mol. The van der Waals surface area contributed by atoms with Gasteiger partial charge in [-0.25, -0.2) is 4.79 Å². The molecule has 2 rings (SSSR count). The quantitative estimate of drug-likeness (QED) is 0.735. The number of carbonyl (C=O) groups is 1. The number of hydrogen-bond acceptors (Lipinski definition) is 5.